The number of aromatic nitrogens is 2. The lowest BCUT2D eigenvalue weighted by Crippen LogP contribution is -2.29. The number of rotatable bonds is 2. The molecule has 0 bridgehead atoms. The van der Waals surface area contributed by atoms with Crippen molar-refractivity contribution in [1.29, 1.82) is 0 Å². The van der Waals surface area contributed by atoms with E-state index in [1.54, 1.807) is 0 Å². The standard InChI is InChI=1S/C19H23N3O2/c1-11-17-15(8-16(12-6-7-12)20-18(17)24-21-11)19(23)22-9-13-4-2-3-5-14(13)10-22/h8,12-14H,2-7,9-10H2,1H3/t13-,14-/m1/s1. The molecule has 2 aliphatic carbocycles. The van der Waals surface area contributed by atoms with E-state index in [2.05, 4.69) is 15.0 Å². The highest BCUT2D eigenvalue weighted by Crippen LogP contribution is 2.41. The van der Waals surface area contributed by atoms with Crippen molar-refractivity contribution in [3.63, 3.8) is 0 Å². The summed E-state index contributed by atoms with van der Waals surface area (Å²) >= 11 is 0. The van der Waals surface area contributed by atoms with Crippen molar-refractivity contribution in [2.45, 2.75) is 51.4 Å². The molecular formula is C19H23N3O2. The summed E-state index contributed by atoms with van der Waals surface area (Å²) in [4.78, 5) is 19.9. The van der Waals surface area contributed by atoms with Crippen LogP contribution in [0.2, 0.25) is 0 Å². The van der Waals surface area contributed by atoms with E-state index in [9.17, 15) is 4.79 Å². The molecule has 2 aromatic rings. The Labute approximate surface area is 141 Å². The van der Waals surface area contributed by atoms with Crippen LogP contribution in [0.3, 0.4) is 0 Å². The first-order chi connectivity index (χ1) is 11.7. The van der Waals surface area contributed by atoms with Crippen molar-refractivity contribution in [2.24, 2.45) is 11.8 Å². The molecule has 0 unspecified atom stereocenters. The Morgan fingerprint density at radius 3 is 2.54 bits per heavy atom. The summed E-state index contributed by atoms with van der Waals surface area (Å²) in [6, 6.07) is 2.01. The molecule has 5 heteroatoms. The van der Waals surface area contributed by atoms with Crippen LogP contribution in [-0.4, -0.2) is 34.0 Å². The largest absolute Gasteiger partial charge is 0.338 e. The third-order valence-electron chi connectivity index (χ3n) is 6.13. The first-order valence-electron chi connectivity index (χ1n) is 9.27. The Bertz CT molecular complexity index is 794. The van der Waals surface area contributed by atoms with E-state index >= 15 is 0 Å². The van der Waals surface area contributed by atoms with Crippen LogP contribution in [0.5, 0.6) is 0 Å². The molecule has 0 spiro atoms. The number of likely N-dealkylation sites (tertiary alicyclic amines) is 1. The molecular weight excluding hydrogens is 302 g/mol. The molecule has 3 fully saturated rings. The first-order valence-corrected chi connectivity index (χ1v) is 9.27. The Morgan fingerprint density at radius 2 is 1.88 bits per heavy atom. The van der Waals surface area contributed by atoms with Crippen molar-refractivity contribution in [3.05, 3.63) is 23.0 Å². The highest BCUT2D eigenvalue weighted by atomic mass is 16.5. The molecule has 3 heterocycles. The number of hydrogen-bond acceptors (Lipinski definition) is 4. The summed E-state index contributed by atoms with van der Waals surface area (Å²) in [7, 11) is 0. The maximum atomic E-state index is 13.3. The molecule has 126 valence electrons. The van der Waals surface area contributed by atoms with Gasteiger partial charge in [0.25, 0.3) is 11.6 Å². The predicted molar refractivity (Wildman–Crippen MR) is 89.9 cm³/mol. The second-order valence-corrected chi connectivity index (χ2v) is 7.83. The van der Waals surface area contributed by atoms with E-state index in [1.165, 1.54) is 25.7 Å². The van der Waals surface area contributed by atoms with Crippen molar-refractivity contribution in [2.75, 3.05) is 13.1 Å². The smallest absolute Gasteiger partial charge is 0.259 e. The van der Waals surface area contributed by atoms with Crippen molar-refractivity contribution in [1.82, 2.24) is 15.0 Å². The van der Waals surface area contributed by atoms with Gasteiger partial charge in [-0.3, -0.25) is 4.79 Å². The molecule has 2 saturated carbocycles. The van der Waals surface area contributed by atoms with Gasteiger partial charge < -0.3 is 9.42 Å². The van der Waals surface area contributed by atoms with Gasteiger partial charge in [0, 0.05) is 24.7 Å². The molecule has 5 rings (SSSR count). The normalized spacial score (nSPS) is 26.8. The van der Waals surface area contributed by atoms with Gasteiger partial charge in [-0.2, -0.15) is 0 Å². The summed E-state index contributed by atoms with van der Waals surface area (Å²) in [5, 5.41) is 4.86. The summed E-state index contributed by atoms with van der Waals surface area (Å²) in [5.41, 5.74) is 3.04. The van der Waals surface area contributed by atoms with Crippen LogP contribution in [0.4, 0.5) is 0 Å². The highest BCUT2D eigenvalue weighted by Gasteiger charge is 2.38. The van der Waals surface area contributed by atoms with Crippen LogP contribution in [0.15, 0.2) is 10.6 Å². The van der Waals surface area contributed by atoms with E-state index in [4.69, 9.17) is 4.52 Å². The molecule has 1 amide bonds. The minimum absolute atomic E-state index is 0.144. The zero-order valence-electron chi connectivity index (χ0n) is 14.1. The number of pyridine rings is 1. The molecule has 0 N–H and O–H groups in total. The fourth-order valence-corrected chi connectivity index (χ4v) is 4.61. The average molecular weight is 325 g/mol. The number of amides is 1. The number of nitrogens with zero attached hydrogens (tertiary/aromatic N) is 3. The van der Waals surface area contributed by atoms with E-state index in [-0.39, 0.29) is 5.91 Å². The van der Waals surface area contributed by atoms with Crippen LogP contribution in [0.1, 0.15) is 66.2 Å². The van der Waals surface area contributed by atoms with Gasteiger partial charge in [0.15, 0.2) is 0 Å². The molecule has 1 saturated heterocycles. The Kier molecular flexibility index (Phi) is 3.19. The molecule has 3 aliphatic rings. The second-order valence-electron chi connectivity index (χ2n) is 7.83. The molecule has 1 aliphatic heterocycles. The lowest BCUT2D eigenvalue weighted by atomic mass is 9.82. The summed E-state index contributed by atoms with van der Waals surface area (Å²) in [6.45, 7) is 3.72. The zero-order chi connectivity index (χ0) is 16.3. The topological polar surface area (TPSA) is 59.2 Å². The molecule has 24 heavy (non-hydrogen) atoms. The van der Waals surface area contributed by atoms with Gasteiger partial charge >= 0.3 is 0 Å². The fourth-order valence-electron chi connectivity index (χ4n) is 4.61. The van der Waals surface area contributed by atoms with Crippen LogP contribution in [-0.2, 0) is 0 Å². The minimum atomic E-state index is 0.144. The Morgan fingerprint density at radius 1 is 1.17 bits per heavy atom. The molecule has 2 atom stereocenters. The second kappa shape index (κ2) is 5.30. The maximum absolute atomic E-state index is 13.3. The van der Waals surface area contributed by atoms with Gasteiger partial charge in [0.2, 0.25) is 0 Å². The number of fused-ring (bicyclic) bond motifs is 2. The lowest BCUT2D eigenvalue weighted by molar-refractivity contribution is 0.0785. The number of carbonyl (C=O) groups excluding carboxylic acids is 1. The number of carbonyl (C=O) groups is 1. The fraction of sp³-hybridized carbons (Fsp3) is 0.632. The summed E-state index contributed by atoms with van der Waals surface area (Å²) in [5.74, 6) is 2.04. The maximum Gasteiger partial charge on any atom is 0.259 e. The van der Waals surface area contributed by atoms with Gasteiger partial charge in [-0.05, 0) is 50.5 Å². The van der Waals surface area contributed by atoms with Crippen LogP contribution in [0, 0.1) is 18.8 Å². The van der Waals surface area contributed by atoms with E-state index < -0.39 is 0 Å². The predicted octanol–water partition coefficient (Wildman–Crippen LogP) is 3.67. The van der Waals surface area contributed by atoms with Crippen molar-refractivity contribution >= 4 is 17.0 Å². The monoisotopic (exact) mass is 325 g/mol. The molecule has 0 radical (unpaired) electrons. The van der Waals surface area contributed by atoms with Gasteiger partial charge in [0.1, 0.15) is 0 Å². The summed E-state index contributed by atoms with van der Waals surface area (Å²) in [6.07, 6.45) is 7.51. The molecule has 5 nitrogen and oxygen atoms in total. The molecule has 0 aromatic carbocycles. The SMILES string of the molecule is Cc1noc2nc(C3CC3)cc(C(=O)N3C[C@H]4CCCC[C@@H]4C3)c12. The van der Waals surface area contributed by atoms with Crippen molar-refractivity contribution in [3.8, 4) is 0 Å². The lowest BCUT2D eigenvalue weighted by Gasteiger charge is -2.22. The van der Waals surface area contributed by atoms with Gasteiger partial charge in [-0.25, -0.2) is 4.98 Å². The first kappa shape index (κ1) is 14.4. The van der Waals surface area contributed by atoms with E-state index in [0.717, 1.165) is 48.3 Å². The minimum Gasteiger partial charge on any atom is -0.338 e. The quantitative estimate of drug-likeness (QED) is 0.845. The average Bonchev–Trinajstić information content (AvgIpc) is 3.26. The Hall–Kier alpha value is -1.91. The highest BCUT2D eigenvalue weighted by molar-refractivity contribution is 6.06. The Balaban J connectivity index is 1.53. The van der Waals surface area contributed by atoms with E-state index in [1.807, 2.05) is 13.0 Å². The zero-order valence-corrected chi connectivity index (χ0v) is 14.1. The van der Waals surface area contributed by atoms with E-state index in [0.29, 0.717) is 23.5 Å². The number of aryl methyl sites for hydroxylation is 1. The van der Waals surface area contributed by atoms with Gasteiger partial charge in [-0.1, -0.05) is 18.0 Å². The van der Waals surface area contributed by atoms with Crippen molar-refractivity contribution < 1.29 is 9.32 Å². The van der Waals surface area contributed by atoms with Crippen LogP contribution < -0.4 is 0 Å². The van der Waals surface area contributed by atoms with Gasteiger partial charge in [0.05, 0.1) is 16.6 Å². The summed E-state index contributed by atoms with van der Waals surface area (Å²) < 4.78 is 5.38. The molecule has 2 aromatic heterocycles. The van der Waals surface area contributed by atoms with Crippen LogP contribution >= 0.6 is 0 Å². The number of hydrogen-bond donors (Lipinski definition) is 0. The van der Waals surface area contributed by atoms with Gasteiger partial charge in [-0.15, -0.1) is 0 Å². The third-order valence-corrected chi connectivity index (χ3v) is 6.13. The third kappa shape index (κ3) is 2.25. The van der Waals surface area contributed by atoms with Crippen LogP contribution in [0.25, 0.3) is 11.1 Å².